The molecule has 0 saturated heterocycles. The summed E-state index contributed by atoms with van der Waals surface area (Å²) in [5, 5.41) is 0. The first-order valence-electron chi connectivity index (χ1n) is 9.16. The van der Waals surface area contributed by atoms with Gasteiger partial charge in [-0.1, -0.05) is 18.8 Å². The highest BCUT2D eigenvalue weighted by Gasteiger charge is 2.41. The average molecular weight is 399 g/mol. The van der Waals surface area contributed by atoms with E-state index in [-0.39, 0.29) is 18.7 Å². The quantitative estimate of drug-likeness (QED) is 0.391. The molecule has 0 fully saturated rings. The van der Waals surface area contributed by atoms with Crippen LogP contribution in [0.1, 0.15) is 46.0 Å². The Morgan fingerprint density at radius 2 is 1.85 bits per heavy atom. The number of allylic oxidation sites excluding steroid dienone is 1. The van der Waals surface area contributed by atoms with Crippen LogP contribution >= 0.6 is 0 Å². The smallest absolute Gasteiger partial charge is 0.326 e. The predicted octanol–water partition coefficient (Wildman–Crippen LogP) is 3.54. The van der Waals surface area contributed by atoms with E-state index in [1.54, 1.807) is 0 Å². The van der Waals surface area contributed by atoms with E-state index in [0.29, 0.717) is 18.6 Å². The van der Waals surface area contributed by atoms with E-state index in [2.05, 4.69) is 4.99 Å². The molecule has 5 atom stereocenters. The van der Waals surface area contributed by atoms with Crippen LogP contribution in [0.4, 0.5) is 26.3 Å². The molecule has 1 aliphatic rings. The summed E-state index contributed by atoms with van der Waals surface area (Å²) >= 11 is 0. The molecule has 1 heterocycles. The third-order valence-electron chi connectivity index (χ3n) is 5.12. The second-order valence-corrected chi connectivity index (χ2v) is 7.40. The molecule has 0 aliphatic carbocycles. The molecule has 0 radical (unpaired) electrons. The predicted molar refractivity (Wildman–Crippen MR) is 97.6 cm³/mol. The van der Waals surface area contributed by atoms with Crippen LogP contribution in [0.2, 0.25) is 5.82 Å². The SMILES string of the molecule is BC1CC(C(N)C/C(=C\C)C(F)(F)F)=NC(C(N)CC(CC)C(F)(F)F)C1. The molecule has 0 spiro atoms. The Kier molecular flexibility index (Phi) is 8.41. The van der Waals surface area contributed by atoms with Crippen molar-refractivity contribution in [3.63, 3.8) is 0 Å². The molecule has 0 aromatic heterocycles. The largest absolute Gasteiger partial charge is 0.412 e. The van der Waals surface area contributed by atoms with Crippen LogP contribution in [-0.2, 0) is 0 Å². The van der Waals surface area contributed by atoms with E-state index >= 15 is 0 Å². The summed E-state index contributed by atoms with van der Waals surface area (Å²) in [4.78, 5) is 4.38. The van der Waals surface area contributed by atoms with E-state index in [9.17, 15) is 26.3 Å². The number of hydrogen-bond donors (Lipinski definition) is 2. The van der Waals surface area contributed by atoms with Crippen molar-refractivity contribution in [2.24, 2.45) is 22.4 Å². The Hall–Kier alpha value is -1.03. The summed E-state index contributed by atoms with van der Waals surface area (Å²) < 4.78 is 77.8. The Balaban J connectivity index is 2.92. The summed E-state index contributed by atoms with van der Waals surface area (Å²) in [5.74, 6) is -1.47. The number of aliphatic imine (C=N–C) groups is 1. The minimum atomic E-state index is -4.47. The minimum Gasteiger partial charge on any atom is -0.326 e. The Morgan fingerprint density at radius 1 is 1.26 bits per heavy atom. The van der Waals surface area contributed by atoms with Crippen LogP contribution in [-0.4, -0.2) is 44.0 Å². The van der Waals surface area contributed by atoms with E-state index in [4.69, 9.17) is 11.5 Å². The van der Waals surface area contributed by atoms with Crippen LogP contribution in [0.3, 0.4) is 0 Å². The van der Waals surface area contributed by atoms with Crippen molar-refractivity contribution in [3.8, 4) is 0 Å². The average Bonchev–Trinajstić information content (AvgIpc) is 2.54. The lowest BCUT2D eigenvalue weighted by atomic mass is 9.73. The van der Waals surface area contributed by atoms with E-state index in [1.807, 2.05) is 7.85 Å². The summed E-state index contributed by atoms with van der Waals surface area (Å²) in [6, 6.07) is -2.31. The maximum Gasteiger partial charge on any atom is 0.412 e. The number of nitrogens with two attached hydrogens (primary N) is 2. The van der Waals surface area contributed by atoms with Crippen LogP contribution in [0, 0.1) is 5.92 Å². The van der Waals surface area contributed by atoms with Crippen LogP contribution in [0.5, 0.6) is 0 Å². The van der Waals surface area contributed by atoms with Gasteiger partial charge in [0.2, 0.25) is 0 Å². The molecule has 3 nitrogen and oxygen atoms in total. The highest BCUT2D eigenvalue weighted by Crippen LogP contribution is 2.35. The second kappa shape index (κ2) is 9.45. The fourth-order valence-electron chi connectivity index (χ4n) is 3.46. The van der Waals surface area contributed by atoms with E-state index in [0.717, 1.165) is 6.08 Å². The normalized spacial score (nSPS) is 25.7. The molecule has 0 aromatic carbocycles. The molecule has 1 rings (SSSR count). The summed E-state index contributed by atoms with van der Waals surface area (Å²) in [7, 11) is 1.88. The molecule has 0 saturated carbocycles. The van der Waals surface area contributed by atoms with Crippen LogP contribution < -0.4 is 11.5 Å². The van der Waals surface area contributed by atoms with E-state index in [1.165, 1.54) is 13.8 Å². The van der Waals surface area contributed by atoms with Gasteiger partial charge in [0, 0.05) is 23.4 Å². The van der Waals surface area contributed by atoms with Gasteiger partial charge < -0.3 is 11.5 Å². The Morgan fingerprint density at radius 3 is 2.30 bits per heavy atom. The molecule has 0 bridgehead atoms. The van der Waals surface area contributed by atoms with Gasteiger partial charge in [-0.3, -0.25) is 4.99 Å². The van der Waals surface area contributed by atoms with Crippen molar-refractivity contribution in [1.82, 2.24) is 0 Å². The maximum absolute atomic E-state index is 13.0. The monoisotopic (exact) mass is 399 g/mol. The van der Waals surface area contributed by atoms with Crippen molar-refractivity contribution >= 4 is 13.6 Å². The van der Waals surface area contributed by atoms with Gasteiger partial charge in [0.05, 0.1) is 12.0 Å². The first-order valence-corrected chi connectivity index (χ1v) is 9.16. The Labute approximate surface area is 157 Å². The van der Waals surface area contributed by atoms with E-state index < -0.39 is 48.4 Å². The molecular formula is C17H28BF6N3. The van der Waals surface area contributed by atoms with Crippen molar-refractivity contribution in [2.75, 3.05) is 0 Å². The first-order chi connectivity index (χ1) is 12.3. The molecule has 1 aliphatic heterocycles. The third kappa shape index (κ3) is 7.14. The number of rotatable bonds is 7. The lowest BCUT2D eigenvalue weighted by Crippen LogP contribution is -2.44. The fourth-order valence-corrected chi connectivity index (χ4v) is 3.46. The third-order valence-corrected chi connectivity index (χ3v) is 5.12. The number of nitrogens with zero attached hydrogens (tertiary/aromatic N) is 1. The molecule has 27 heavy (non-hydrogen) atoms. The summed E-state index contributed by atoms with van der Waals surface area (Å²) in [6.07, 6.45) is -7.64. The molecular weight excluding hydrogens is 371 g/mol. The second-order valence-electron chi connectivity index (χ2n) is 7.40. The topological polar surface area (TPSA) is 64.4 Å². The van der Waals surface area contributed by atoms with Gasteiger partial charge in [-0.2, -0.15) is 26.3 Å². The summed E-state index contributed by atoms with van der Waals surface area (Å²) in [5.41, 5.74) is 11.6. The molecule has 5 unspecified atom stereocenters. The summed E-state index contributed by atoms with van der Waals surface area (Å²) in [6.45, 7) is 2.75. The maximum atomic E-state index is 13.0. The van der Waals surface area contributed by atoms with Crippen molar-refractivity contribution in [3.05, 3.63) is 11.6 Å². The van der Waals surface area contributed by atoms with Crippen LogP contribution in [0.25, 0.3) is 0 Å². The lowest BCUT2D eigenvalue weighted by molar-refractivity contribution is -0.178. The standard InChI is InChI=1S/C17H28BF6N3/c1-3-9(16(19,20)21)5-12(25)14-7-11(18)8-15(27-14)13(26)6-10(4-2)17(22,23)24/h3,10-13,15H,4-8,18,25-26H2,1-2H3/b9-3+. The van der Waals surface area contributed by atoms with Gasteiger partial charge in [-0.15, -0.1) is 0 Å². The van der Waals surface area contributed by atoms with Crippen LogP contribution in [0.15, 0.2) is 16.6 Å². The number of hydrogen-bond acceptors (Lipinski definition) is 3. The van der Waals surface area contributed by atoms with Gasteiger partial charge >= 0.3 is 12.4 Å². The molecule has 0 aromatic rings. The zero-order valence-electron chi connectivity index (χ0n) is 15.9. The highest BCUT2D eigenvalue weighted by molar-refractivity contribution is 6.14. The number of alkyl halides is 6. The first kappa shape index (κ1) is 24.0. The zero-order valence-corrected chi connectivity index (χ0v) is 15.9. The van der Waals surface area contributed by atoms with Gasteiger partial charge in [-0.25, -0.2) is 0 Å². The van der Waals surface area contributed by atoms with Crippen molar-refractivity contribution < 1.29 is 26.3 Å². The molecule has 156 valence electrons. The highest BCUT2D eigenvalue weighted by atomic mass is 19.4. The minimum absolute atomic E-state index is 0.0468. The van der Waals surface area contributed by atoms with Crippen molar-refractivity contribution in [1.29, 1.82) is 0 Å². The van der Waals surface area contributed by atoms with Gasteiger partial charge in [-0.05, 0) is 39.0 Å². The Bertz CT molecular complexity index is 544. The van der Waals surface area contributed by atoms with Crippen molar-refractivity contribution in [2.45, 2.75) is 82.2 Å². The molecule has 4 N–H and O–H groups in total. The van der Waals surface area contributed by atoms with Gasteiger partial charge in [0.1, 0.15) is 7.85 Å². The lowest BCUT2D eigenvalue weighted by Gasteiger charge is -2.33. The zero-order chi connectivity index (χ0) is 21.0. The number of halogens is 6. The molecule has 10 heteroatoms. The van der Waals surface area contributed by atoms with Gasteiger partial charge in [0.25, 0.3) is 0 Å². The fraction of sp³-hybridized carbons (Fsp3) is 0.824. The molecule has 0 amide bonds. The van der Waals surface area contributed by atoms with Gasteiger partial charge in [0.15, 0.2) is 0 Å².